The van der Waals surface area contributed by atoms with Crippen molar-refractivity contribution in [1.82, 2.24) is 9.80 Å². The lowest BCUT2D eigenvalue weighted by atomic mass is 9.69. The number of ether oxygens (including phenoxy) is 1. The third-order valence-corrected chi connectivity index (χ3v) is 6.38. The number of nitrogens with zero attached hydrogens (tertiary/aromatic N) is 2. The molecule has 4 unspecified atom stereocenters. The predicted octanol–water partition coefficient (Wildman–Crippen LogP) is 2.35. The Morgan fingerprint density at radius 1 is 1.23 bits per heavy atom. The molecule has 0 bridgehead atoms. The van der Waals surface area contributed by atoms with E-state index in [9.17, 15) is 14.7 Å². The van der Waals surface area contributed by atoms with Gasteiger partial charge in [0.05, 0.1) is 0 Å². The Morgan fingerprint density at radius 3 is 2.35 bits per heavy atom. The molecule has 4 atom stereocenters. The van der Waals surface area contributed by atoms with E-state index in [-0.39, 0.29) is 23.7 Å². The van der Waals surface area contributed by atoms with E-state index in [2.05, 4.69) is 0 Å². The molecule has 26 heavy (non-hydrogen) atoms. The average molecular weight is 367 g/mol. The summed E-state index contributed by atoms with van der Waals surface area (Å²) in [6, 6.07) is -1.14. The minimum Gasteiger partial charge on any atom is -0.347 e. The number of amides is 2. The zero-order chi connectivity index (χ0) is 19.7. The highest BCUT2D eigenvalue weighted by Crippen LogP contribution is 2.54. The van der Waals surface area contributed by atoms with E-state index in [0.29, 0.717) is 19.4 Å². The van der Waals surface area contributed by atoms with E-state index < -0.39 is 29.0 Å². The van der Waals surface area contributed by atoms with Gasteiger partial charge in [-0.25, -0.2) is 0 Å². The lowest BCUT2D eigenvalue weighted by molar-refractivity contribution is -0.330. The molecular formula is C20H34N2O4. The van der Waals surface area contributed by atoms with Crippen molar-refractivity contribution in [2.24, 2.45) is 17.3 Å². The second kappa shape index (κ2) is 5.93. The van der Waals surface area contributed by atoms with Crippen LogP contribution in [0, 0.1) is 17.3 Å². The molecule has 3 heterocycles. The first-order chi connectivity index (χ1) is 11.9. The van der Waals surface area contributed by atoms with Crippen LogP contribution in [0.1, 0.15) is 67.7 Å². The molecular weight excluding hydrogens is 332 g/mol. The van der Waals surface area contributed by atoms with Crippen molar-refractivity contribution in [3.05, 3.63) is 0 Å². The van der Waals surface area contributed by atoms with Gasteiger partial charge in [-0.2, -0.15) is 0 Å². The van der Waals surface area contributed by atoms with Gasteiger partial charge < -0.3 is 14.7 Å². The number of rotatable bonds is 3. The van der Waals surface area contributed by atoms with Gasteiger partial charge in [-0.05, 0) is 31.1 Å². The number of carbonyl (C=O) groups excluding carboxylic acids is 2. The lowest BCUT2D eigenvalue weighted by Crippen LogP contribution is -2.71. The molecule has 0 aromatic carbocycles. The second-order valence-electron chi connectivity index (χ2n) is 9.91. The number of aliphatic hydroxyl groups is 1. The SMILES string of the molecule is CC(C)CC1C(=O)N2CCCC2C2(O)OC(C(C)C)(C(C)(C)C)C(=O)N12. The van der Waals surface area contributed by atoms with Crippen LogP contribution in [0.5, 0.6) is 0 Å². The quantitative estimate of drug-likeness (QED) is 0.832. The Bertz CT molecular complexity index is 611. The van der Waals surface area contributed by atoms with E-state index in [0.717, 1.165) is 6.42 Å². The maximum atomic E-state index is 13.8. The van der Waals surface area contributed by atoms with Crippen LogP contribution in [0.15, 0.2) is 0 Å². The Morgan fingerprint density at radius 2 is 1.85 bits per heavy atom. The molecule has 148 valence electrons. The third-order valence-electron chi connectivity index (χ3n) is 6.38. The monoisotopic (exact) mass is 366 g/mol. The summed E-state index contributed by atoms with van der Waals surface area (Å²) in [5, 5.41) is 11.7. The van der Waals surface area contributed by atoms with Crippen molar-refractivity contribution < 1.29 is 19.4 Å². The average Bonchev–Trinajstić information content (AvgIpc) is 3.06. The van der Waals surface area contributed by atoms with Gasteiger partial charge in [0.25, 0.3) is 11.8 Å². The number of piperazine rings is 1. The molecule has 1 N–H and O–H groups in total. The van der Waals surface area contributed by atoms with E-state index in [4.69, 9.17) is 4.74 Å². The molecule has 0 saturated carbocycles. The standard InChI is InChI=1S/C20H34N2O4/c1-12(2)11-14-16(23)21-10-8-9-15(21)20(25)22(14)17(24)19(26-20,13(3)4)18(5,6)7/h12-15,25H,8-11H2,1-7H3. The normalized spacial score (nSPS) is 37.8. The molecule has 0 aliphatic carbocycles. The van der Waals surface area contributed by atoms with E-state index in [1.165, 1.54) is 4.90 Å². The van der Waals surface area contributed by atoms with Crippen molar-refractivity contribution in [1.29, 1.82) is 0 Å². The summed E-state index contributed by atoms with van der Waals surface area (Å²) in [6.45, 7) is 14.5. The molecule has 3 fully saturated rings. The first-order valence-corrected chi connectivity index (χ1v) is 9.94. The fourth-order valence-corrected chi connectivity index (χ4v) is 5.33. The van der Waals surface area contributed by atoms with Crippen LogP contribution in [0.25, 0.3) is 0 Å². The van der Waals surface area contributed by atoms with Crippen LogP contribution in [-0.4, -0.2) is 56.9 Å². The van der Waals surface area contributed by atoms with E-state index >= 15 is 0 Å². The Kier molecular flexibility index (Phi) is 4.47. The largest absolute Gasteiger partial charge is 0.347 e. The van der Waals surface area contributed by atoms with Crippen molar-refractivity contribution in [3.8, 4) is 0 Å². The van der Waals surface area contributed by atoms with E-state index in [1.54, 1.807) is 4.90 Å². The minimum absolute atomic E-state index is 0.0451. The zero-order valence-electron chi connectivity index (χ0n) is 17.2. The van der Waals surface area contributed by atoms with Gasteiger partial charge >= 0.3 is 0 Å². The molecule has 3 rings (SSSR count). The summed E-state index contributed by atoms with van der Waals surface area (Å²) in [6.07, 6.45) is 2.00. The second-order valence-corrected chi connectivity index (χ2v) is 9.91. The summed E-state index contributed by atoms with van der Waals surface area (Å²) < 4.78 is 6.39. The lowest BCUT2D eigenvalue weighted by Gasteiger charge is -2.49. The Hall–Kier alpha value is -1.14. The summed E-state index contributed by atoms with van der Waals surface area (Å²) in [7, 11) is 0. The van der Waals surface area contributed by atoms with Gasteiger partial charge in [0.2, 0.25) is 5.91 Å². The van der Waals surface area contributed by atoms with Crippen molar-refractivity contribution >= 4 is 11.8 Å². The van der Waals surface area contributed by atoms with Crippen LogP contribution in [0.4, 0.5) is 0 Å². The van der Waals surface area contributed by atoms with Gasteiger partial charge in [-0.3, -0.25) is 14.5 Å². The highest BCUT2D eigenvalue weighted by molar-refractivity contribution is 5.95. The minimum atomic E-state index is -1.74. The number of carbonyl (C=O) groups is 2. The van der Waals surface area contributed by atoms with E-state index in [1.807, 2.05) is 48.5 Å². The number of fused-ring (bicyclic) bond motifs is 3. The fraction of sp³-hybridized carbons (Fsp3) is 0.900. The molecule has 2 amide bonds. The van der Waals surface area contributed by atoms with Crippen LogP contribution in [-0.2, 0) is 14.3 Å². The molecule has 6 heteroatoms. The van der Waals surface area contributed by atoms with Crippen molar-refractivity contribution in [2.45, 2.75) is 91.3 Å². The van der Waals surface area contributed by atoms with Gasteiger partial charge in [-0.1, -0.05) is 48.5 Å². The number of hydrogen-bond donors (Lipinski definition) is 1. The van der Waals surface area contributed by atoms with Gasteiger partial charge in [0.1, 0.15) is 12.1 Å². The summed E-state index contributed by atoms with van der Waals surface area (Å²) in [4.78, 5) is 30.1. The van der Waals surface area contributed by atoms with Gasteiger partial charge in [0.15, 0.2) is 5.60 Å². The van der Waals surface area contributed by atoms with Crippen LogP contribution < -0.4 is 0 Å². The maximum absolute atomic E-state index is 13.8. The fourth-order valence-electron chi connectivity index (χ4n) is 5.33. The van der Waals surface area contributed by atoms with Gasteiger partial charge in [-0.15, -0.1) is 0 Å². The van der Waals surface area contributed by atoms with Crippen molar-refractivity contribution in [2.75, 3.05) is 6.54 Å². The number of hydrogen-bond acceptors (Lipinski definition) is 4. The molecule has 0 aromatic heterocycles. The molecule has 3 saturated heterocycles. The smallest absolute Gasteiger partial charge is 0.274 e. The Labute approximate surface area is 156 Å². The molecule has 0 aromatic rings. The summed E-state index contributed by atoms with van der Waals surface area (Å²) >= 11 is 0. The highest BCUT2D eigenvalue weighted by atomic mass is 16.7. The molecule has 3 aliphatic heterocycles. The van der Waals surface area contributed by atoms with Crippen molar-refractivity contribution in [3.63, 3.8) is 0 Å². The van der Waals surface area contributed by atoms with Crippen LogP contribution in [0.3, 0.4) is 0 Å². The summed E-state index contributed by atoms with van der Waals surface area (Å²) in [5.41, 5.74) is -1.67. The zero-order valence-corrected chi connectivity index (χ0v) is 17.2. The van der Waals surface area contributed by atoms with Crippen LogP contribution in [0.2, 0.25) is 0 Å². The predicted molar refractivity (Wildman–Crippen MR) is 97.9 cm³/mol. The van der Waals surface area contributed by atoms with Gasteiger partial charge in [0, 0.05) is 12.0 Å². The maximum Gasteiger partial charge on any atom is 0.274 e. The first kappa shape index (κ1) is 19.6. The molecule has 0 radical (unpaired) electrons. The molecule has 3 aliphatic rings. The topological polar surface area (TPSA) is 70.1 Å². The summed E-state index contributed by atoms with van der Waals surface area (Å²) in [5.74, 6) is -1.93. The first-order valence-electron chi connectivity index (χ1n) is 9.94. The third kappa shape index (κ3) is 2.37. The van der Waals surface area contributed by atoms with Crippen LogP contribution >= 0.6 is 0 Å². The Balaban J connectivity index is 2.17. The molecule has 6 nitrogen and oxygen atoms in total. The highest BCUT2D eigenvalue weighted by Gasteiger charge is 2.73. The molecule has 0 spiro atoms.